The van der Waals surface area contributed by atoms with E-state index in [4.69, 9.17) is 17.3 Å². The molecule has 19 heavy (non-hydrogen) atoms. The number of carbonyl (C=O) groups excluding carboxylic acids is 1. The number of sulfonamides is 1. The maximum atomic E-state index is 12.4. The predicted octanol–water partition coefficient (Wildman–Crippen LogP) is 1.02. The second kappa shape index (κ2) is 5.58. The minimum Gasteiger partial charge on any atom is -0.321 e. The molecule has 104 valence electrons. The van der Waals surface area contributed by atoms with Crippen LogP contribution >= 0.6 is 11.6 Å². The van der Waals surface area contributed by atoms with Crippen molar-refractivity contribution in [1.29, 1.82) is 0 Å². The summed E-state index contributed by atoms with van der Waals surface area (Å²) in [5.74, 6) is -0.241. The van der Waals surface area contributed by atoms with E-state index in [9.17, 15) is 13.2 Å². The van der Waals surface area contributed by atoms with Crippen molar-refractivity contribution in [3.05, 3.63) is 29.3 Å². The van der Waals surface area contributed by atoms with Crippen molar-refractivity contribution >= 4 is 27.4 Å². The number of ketones is 1. The molecule has 5 nitrogen and oxygen atoms in total. The first kappa shape index (κ1) is 14.5. The first-order chi connectivity index (χ1) is 8.91. The summed E-state index contributed by atoms with van der Waals surface area (Å²) < 4.78 is 26.0. The van der Waals surface area contributed by atoms with E-state index in [1.54, 1.807) is 0 Å². The number of rotatable bonds is 2. The van der Waals surface area contributed by atoms with Crippen LogP contribution in [0.5, 0.6) is 0 Å². The van der Waals surface area contributed by atoms with Crippen LogP contribution in [-0.4, -0.2) is 37.6 Å². The Labute approximate surface area is 117 Å². The number of nitrogens with zero attached hydrogens (tertiary/aromatic N) is 1. The van der Waals surface area contributed by atoms with Gasteiger partial charge in [-0.1, -0.05) is 11.6 Å². The molecule has 1 fully saturated rings. The highest BCUT2D eigenvalue weighted by Crippen LogP contribution is 2.20. The molecular weight excluding hydrogens is 288 g/mol. The van der Waals surface area contributed by atoms with Crippen molar-refractivity contribution in [3.8, 4) is 0 Å². The summed E-state index contributed by atoms with van der Waals surface area (Å²) in [6.45, 7) is 0.149. The van der Waals surface area contributed by atoms with Crippen LogP contribution in [0.2, 0.25) is 5.02 Å². The lowest BCUT2D eigenvalue weighted by molar-refractivity contribution is -0.120. The quantitative estimate of drug-likeness (QED) is 0.884. The molecule has 2 N–H and O–H groups in total. The van der Waals surface area contributed by atoms with Gasteiger partial charge in [0.25, 0.3) is 0 Å². The summed E-state index contributed by atoms with van der Waals surface area (Å²) in [7, 11) is -3.66. The molecule has 1 atom stereocenters. The van der Waals surface area contributed by atoms with E-state index in [2.05, 4.69) is 0 Å². The Hall–Kier alpha value is -0.950. The average Bonchev–Trinajstić information content (AvgIpc) is 2.53. The molecule has 1 aromatic carbocycles. The maximum absolute atomic E-state index is 12.4. The smallest absolute Gasteiger partial charge is 0.243 e. The molecule has 0 aliphatic carbocycles. The van der Waals surface area contributed by atoms with Crippen LogP contribution in [-0.2, 0) is 14.8 Å². The fraction of sp³-hybridized carbons (Fsp3) is 0.417. The van der Waals surface area contributed by atoms with Crippen LogP contribution in [0.25, 0.3) is 0 Å². The van der Waals surface area contributed by atoms with Gasteiger partial charge in [-0.15, -0.1) is 0 Å². The number of benzene rings is 1. The van der Waals surface area contributed by atoms with Gasteiger partial charge in [0, 0.05) is 11.6 Å². The second-order valence-electron chi connectivity index (χ2n) is 4.51. The van der Waals surface area contributed by atoms with Gasteiger partial charge in [0.2, 0.25) is 10.0 Å². The van der Waals surface area contributed by atoms with Gasteiger partial charge >= 0.3 is 0 Å². The summed E-state index contributed by atoms with van der Waals surface area (Å²) in [5.41, 5.74) is 5.65. The lowest BCUT2D eigenvalue weighted by Gasteiger charge is -2.19. The monoisotopic (exact) mass is 302 g/mol. The van der Waals surface area contributed by atoms with E-state index >= 15 is 0 Å². The van der Waals surface area contributed by atoms with Gasteiger partial charge < -0.3 is 5.73 Å². The molecule has 0 radical (unpaired) electrons. The van der Waals surface area contributed by atoms with Crippen LogP contribution in [0.3, 0.4) is 0 Å². The Balaban J connectivity index is 2.28. The molecule has 1 aliphatic rings. The number of halogens is 1. The summed E-state index contributed by atoms with van der Waals surface area (Å²) in [4.78, 5) is 11.8. The van der Waals surface area contributed by atoms with Crippen molar-refractivity contribution < 1.29 is 13.2 Å². The van der Waals surface area contributed by atoms with Crippen LogP contribution in [0.1, 0.15) is 12.8 Å². The summed E-state index contributed by atoms with van der Waals surface area (Å²) in [5, 5.41) is 0.466. The van der Waals surface area contributed by atoms with E-state index < -0.39 is 16.1 Å². The lowest BCUT2D eigenvalue weighted by atomic mass is 10.1. The largest absolute Gasteiger partial charge is 0.321 e. The molecular formula is C12H15ClN2O3S. The normalized spacial score (nSPS) is 22.2. The molecule has 1 aliphatic heterocycles. The molecule has 7 heteroatoms. The molecule has 0 spiro atoms. The highest BCUT2D eigenvalue weighted by Gasteiger charge is 2.30. The van der Waals surface area contributed by atoms with Crippen LogP contribution in [0.15, 0.2) is 29.2 Å². The topological polar surface area (TPSA) is 80.5 Å². The standard InChI is InChI=1S/C12H15ClN2O3S/c13-9-3-5-10(6-4-9)19(17,18)15-7-1-2-11(14)12(16)8-15/h3-6,11H,1-2,7-8,14H2. The van der Waals surface area contributed by atoms with Crippen LogP contribution in [0.4, 0.5) is 0 Å². The fourth-order valence-electron chi connectivity index (χ4n) is 1.98. The van der Waals surface area contributed by atoms with Crippen molar-refractivity contribution in [2.24, 2.45) is 5.73 Å². The van der Waals surface area contributed by atoms with E-state index in [-0.39, 0.29) is 17.2 Å². The first-order valence-electron chi connectivity index (χ1n) is 5.95. The number of Topliss-reactive ketones (excluding diaryl/α,β-unsaturated/α-hetero) is 1. The minimum atomic E-state index is -3.66. The van der Waals surface area contributed by atoms with E-state index in [1.165, 1.54) is 28.6 Å². The average molecular weight is 303 g/mol. The first-order valence-corrected chi connectivity index (χ1v) is 7.77. The van der Waals surface area contributed by atoms with Gasteiger partial charge in [-0.25, -0.2) is 8.42 Å². The van der Waals surface area contributed by atoms with E-state index in [0.29, 0.717) is 24.4 Å². The van der Waals surface area contributed by atoms with Gasteiger partial charge in [0.1, 0.15) is 0 Å². The molecule has 1 aromatic rings. The van der Waals surface area contributed by atoms with Crippen molar-refractivity contribution in [2.75, 3.05) is 13.1 Å². The van der Waals surface area contributed by atoms with Gasteiger partial charge in [-0.05, 0) is 37.1 Å². The van der Waals surface area contributed by atoms with Gasteiger partial charge in [0.15, 0.2) is 5.78 Å². The third-order valence-corrected chi connectivity index (χ3v) is 5.23. The molecule has 2 rings (SSSR count). The predicted molar refractivity (Wildman–Crippen MR) is 72.4 cm³/mol. The summed E-state index contributed by atoms with van der Waals surface area (Å²) in [6.07, 6.45) is 1.10. The Morgan fingerprint density at radius 2 is 1.89 bits per heavy atom. The zero-order valence-electron chi connectivity index (χ0n) is 10.3. The van der Waals surface area contributed by atoms with E-state index in [0.717, 1.165) is 0 Å². The van der Waals surface area contributed by atoms with Crippen molar-refractivity contribution in [1.82, 2.24) is 4.31 Å². The third kappa shape index (κ3) is 3.14. The Bertz CT molecular complexity index is 571. The second-order valence-corrected chi connectivity index (χ2v) is 6.88. The van der Waals surface area contributed by atoms with Crippen LogP contribution < -0.4 is 5.73 Å². The highest BCUT2D eigenvalue weighted by atomic mass is 35.5. The third-order valence-electron chi connectivity index (χ3n) is 3.12. The van der Waals surface area contributed by atoms with Crippen molar-refractivity contribution in [3.63, 3.8) is 0 Å². The van der Waals surface area contributed by atoms with Gasteiger partial charge in [0.05, 0.1) is 17.5 Å². The molecule has 1 unspecified atom stereocenters. The molecule has 0 saturated carbocycles. The van der Waals surface area contributed by atoms with E-state index in [1.807, 2.05) is 0 Å². The zero-order valence-corrected chi connectivity index (χ0v) is 11.8. The number of nitrogens with two attached hydrogens (primary N) is 1. The highest BCUT2D eigenvalue weighted by molar-refractivity contribution is 7.89. The Kier molecular flexibility index (Phi) is 4.25. The Morgan fingerprint density at radius 3 is 2.53 bits per heavy atom. The molecule has 0 aromatic heterocycles. The number of carbonyl (C=O) groups is 1. The van der Waals surface area contributed by atoms with Crippen LogP contribution in [0, 0.1) is 0 Å². The Morgan fingerprint density at radius 1 is 1.26 bits per heavy atom. The van der Waals surface area contributed by atoms with Crippen molar-refractivity contribution in [2.45, 2.75) is 23.8 Å². The van der Waals surface area contributed by atoms with Gasteiger partial charge in [-0.3, -0.25) is 4.79 Å². The lowest BCUT2D eigenvalue weighted by Crippen LogP contribution is -2.39. The summed E-state index contributed by atoms with van der Waals surface area (Å²) >= 11 is 5.74. The summed E-state index contributed by atoms with van der Waals surface area (Å²) in [6, 6.07) is 5.34. The van der Waals surface area contributed by atoms with Gasteiger partial charge in [-0.2, -0.15) is 4.31 Å². The fourth-order valence-corrected chi connectivity index (χ4v) is 3.55. The SMILES string of the molecule is NC1CCCN(S(=O)(=O)c2ccc(Cl)cc2)CC1=O. The molecule has 0 bridgehead atoms. The number of hydrogen-bond acceptors (Lipinski definition) is 4. The zero-order chi connectivity index (χ0) is 14.0. The molecule has 0 amide bonds. The minimum absolute atomic E-state index is 0.139. The maximum Gasteiger partial charge on any atom is 0.243 e. The molecule has 1 heterocycles. The number of hydrogen-bond donors (Lipinski definition) is 1. The molecule has 1 saturated heterocycles.